The molecule has 12 aliphatic carbocycles. The molecule has 0 amide bonds. The van der Waals surface area contributed by atoms with Crippen LogP contribution in [0.3, 0.4) is 0 Å². The molecular formula is C100H122N6O9Si. The highest BCUT2D eigenvalue weighted by molar-refractivity contribution is 6.74. The summed E-state index contributed by atoms with van der Waals surface area (Å²) >= 11 is 0. The summed E-state index contributed by atoms with van der Waals surface area (Å²) in [5.74, 6) is 4.39. The van der Waals surface area contributed by atoms with E-state index < -0.39 is 31.5 Å². The molecule has 0 bridgehead atoms. The van der Waals surface area contributed by atoms with E-state index in [0.29, 0.717) is 52.9 Å². The Hall–Kier alpha value is -8.73. The van der Waals surface area contributed by atoms with Crippen LogP contribution in [-0.2, 0) is 9.47 Å². The van der Waals surface area contributed by atoms with E-state index in [1.165, 1.54) is 89.7 Å². The van der Waals surface area contributed by atoms with Crippen molar-refractivity contribution in [3.05, 3.63) is 191 Å². The van der Waals surface area contributed by atoms with Gasteiger partial charge in [0, 0.05) is 46.2 Å². The molecule has 12 aliphatic rings. The molecule has 3 heterocycles. The van der Waals surface area contributed by atoms with Gasteiger partial charge in [0.2, 0.25) is 8.32 Å². The van der Waals surface area contributed by atoms with Crippen LogP contribution in [0.4, 0.5) is 0 Å². The van der Waals surface area contributed by atoms with E-state index in [2.05, 4.69) is 216 Å². The molecule has 18 atom stereocenters. The number of aromatic hydroxyl groups is 3. The first-order valence-corrected chi connectivity index (χ1v) is 46.9. The average Bonchev–Trinajstić information content (AvgIpc) is 1.49. The predicted molar refractivity (Wildman–Crippen MR) is 463 cm³/mol. The van der Waals surface area contributed by atoms with Crippen LogP contribution in [-0.4, -0.2) is 87.6 Å². The number of aryl methyl sites for hydroxylation is 1. The number of para-hydroxylation sites is 6. The lowest BCUT2D eigenvalue weighted by Crippen LogP contribution is -2.50. The first-order chi connectivity index (χ1) is 55.3. The molecule has 610 valence electrons. The third-order valence-electron chi connectivity index (χ3n) is 33.8. The van der Waals surface area contributed by atoms with E-state index in [4.69, 9.17) is 18.9 Å². The number of carbonyl (C=O) groups excluding carboxylic acids is 2. The summed E-state index contributed by atoms with van der Waals surface area (Å²) in [5, 5.41) is 39.5. The number of nitrogens with zero attached hydrogens (tertiary/aromatic N) is 6. The molecule has 0 aliphatic heterocycles. The van der Waals surface area contributed by atoms with Gasteiger partial charge in [0.15, 0.2) is 17.2 Å². The summed E-state index contributed by atoms with van der Waals surface area (Å²) in [6.07, 6.45) is 43.3. The van der Waals surface area contributed by atoms with Crippen LogP contribution in [0.1, 0.15) is 229 Å². The highest BCUT2D eigenvalue weighted by Crippen LogP contribution is 2.70. The molecule has 3 aromatic heterocycles. The Morgan fingerprint density at radius 2 is 0.802 bits per heavy atom. The van der Waals surface area contributed by atoms with Crippen LogP contribution >= 0.6 is 0 Å². The van der Waals surface area contributed by atoms with E-state index in [-0.39, 0.29) is 62.0 Å². The molecular weight excluding hydrogens is 1460 g/mol. The van der Waals surface area contributed by atoms with Crippen LogP contribution in [0.15, 0.2) is 169 Å². The van der Waals surface area contributed by atoms with Gasteiger partial charge in [-0.15, -0.1) is 0 Å². The number of aromatic nitrogens is 6. The fraction of sp³-hybridized carbons (Fsp3) is 0.530. The largest absolute Gasteiger partial charge is 0.543 e. The van der Waals surface area contributed by atoms with E-state index >= 15 is 0 Å². The lowest BCUT2D eigenvalue weighted by atomic mass is 9.47. The number of carbonyl (C=O) groups is 2. The Kier molecular flexibility index (Phi) is 19.5. The molecule has 0 saturated heterocycles. The maximum absolute atomic E-state index is 13.6. The Bertz CT molecular complexity index is 5430. The van der Waals surface area contributed by atoms with Crippen molar-refractivity contribution in [2.75, 3.05) is 0 Å². The van der Waals surface area contributed by atoms with Gasteiger partial charge in [0.1, 0.15) is 36.9 Å². The van der Waals surface area contributed by atoms with Gasteiger partial charge in [-0.2, -0.15) is 0 Å². The van der Waals surface area contributed by atoms with Crippen molar-refractivity contribution in [2.45, 2.75) is 247 Å². The van der Waals surface area contributed by atoms with E-state index in [9.17, 15) is 30.0 Å². The minimum Gasteiger partial charge on any atom is -0.543 e. The quantitative estimate of drug-likeness (QED) is 0.0463. The molecule has 0 spiro atoms. The number of imidazole rings is 3. The zero-order valence-electron chi connectivity index (χ0n) is 70.7. The SMILES string of the molecule is C[C@]12CC[C@H](O)CC1=CCC1C2CC[C@]2(C)C(n3cnc4ccccc43)=CCC12.C[C@]12CC[C@H](OC(=O)c3cc(O)c(O)c(O)c3)CC1=CCC1C2CC[C@]2(C)C(n3cnc4ccccc43)=CCC12.Cc1cc(C(=O)O[C@H]2CC[C@@]3(C)C(=CCC4C3CC[C@]3(C)C(n5cnc6ccccc65)=CCC43)C2)cc(O[Si](C)(C)C(C)(C)C)c1C. The predicted octanol–water partition coefficient (Wildman–Crippen LogP) is 23.3. The average molecular weight is 1580 g/mol. The van der Waals surface area contributed by atoms with Crippen LogP contribution in [0.5, 0.6) is 23.0 Å². The number of ether oxygens (including phenoxy) is 2. The maximum Gasteiger partial charge on any atom is 0.338 e. The minimum absolute atomic E-state index is 0.0283. The molecule has 16 heteroatoms. The Balaban J connectivity index is 0.000000123. The molecule has 8 aromatic rings. The first-order valence-electron chi connectivity index (χ1n) is 43.9. The summed E-state index contributed by atoms with van der Waals surface area (Å²) in [7, 11) is -2.05. The standard InChI is InChI=1S/C41H54N2O3Si.C33H36N2O5.C26H32N2O/c1-26-22-28(23-36(27(26)2)46-47(8,9)39(3,4)5)38(44)45-30-18-20-40(6)29(24-30)14-15-31-32-16-17-37(41(32,7)21-19-33(31)40)43-25-42-34-12-10-11-13-35(34)43;1-32-13-11-21(40-31(39)19-15-27(36)30(38)28(37)16-19)17-20(32)7-8-22-23-9-10-29(33(23,2)14-12-24(22)32)35-18-34-25-5-3-4-6-26(25)35;1-25-13-11-18(29)15-17(25)7-8-19-20-9-10-24(26(20,2)14-12-21(19)25)28-16-27-22-5-3-4-6-23(22)28/h10-14,17,22-23,25,30-33H,15-16,18-21,24H2,1-9H3;3-7,10,15-16,18,21-24,36-38H,8-9,11-14,17H2,1-2H3;3-7,10,16,18-21,29H,8-9,11-15H2,1-2H3/t30-,31?,32?,33?,40-,41-;21-,22?,23?,24?,32-,33-;18-,19?,20?,21?,25-,26-/m000/s1. The molecule has 0 radical (unpaired) electrons. The number of hydrogen-bond donors (Lipinski definition) is 4. The van der Waals surface area contributed by atoms with Gasteiger partial charge in [0.05, 0.1) is 50.3 Å². The van der Waals surface area contributed by atoms with Gasteiger partial charge in [-0.25, -0.2) is 24.5 Å². The number of phenolic OH excluding ortho intramolecular Hbond substituents is 3. The minimum atomic E-state index is -2.05. The Labute approximate surface area is 686 Å². The maximum atomic E-state index is 13.6. The van der Waals surface area contributed by atoms with Crippen molar-refractivity contribution in [1.82, 2.24) is 28.7 Å². The second kappa shape index (κ2) is 28.8. The number of allylic oxidation sites excluding steroid dienone is 9. The lowest BCUT2D eigenvalue weighted by Gasteiger charge is -2.57. The fourth-order valence-corrected chi connectivity index (χ4v) is 27.0. The highest BCUT2D eigenvalue weighted by atomic mass is 28.4. The topological polar surface area (TPSA) is 196 Å². The smallest absolute Gasteiger partial charge is 0.338 e. The molecule has 20 rings (SSSR count). The van der Waals surface area contributed by atoms with E-state index in [1.54, 1.807) is 5.57 Å². The number of rotatable bonds is 9. The molecule has 6 saturated carbocycles. The number of benzene rings is 5. The zero-order chi connectivity index (χ0) is 81.1. The first kappa shape index (κ1) is 78.4. The second-order valence-electron chi connectivity index (χ2n) is 40.5. The Morgan fingerprint density at radius 3 is 1.19 bits per heavy atom. The molecule has 5 aromatic carbocycles. The molecule has 9 unspecified atom stereocenters. The summed E-state index contributed by atoms with van der Waals surface area (Å²) in [5.41, 5.74) is 19.6. The zero-order valence-corrected chi connectivity index (χ0v) is 71.7. The highest BCUT2D eigenvalue weighted by Gasteiger charge is 2.61. The lowest BCUT2D eigenvalue weighted by molar-refractivity contribution is -0.0316. The van der Waals surface area contributed by atoms with Crippen LogP contribution < -0.4 is 4.43 Å². The van der Waals surface area contributed by atoms with Crippen molar-refractivity contribution in [3.8, 4) is 23.0 Å². The molecule has 4 N–H and O–H groups in total. The van der Waals surface area contributed by atoms with E-state index in [1.807, 2.05) is 37.2 Å². The summed E-state index contributed by atoms with van der Waals surface area (Å²) in [6, 6.07) is 31.6. The number of esters is 2. The van der Waals surface area contributed by atoms with Gasteiger partial charge in [-0.3, -0.25) is 0 Å². The van der Waals surface area contributed by atoms with Crippen molar-refractivity contribution >= 4 is 70.4 Å². The van der Waals surface area contributed by atoms with Gasteiger partial charge in [-0.1, -0.05) is 152 Å². The van der Waals surface area contributed by atoms with Crippen LogP contribution in [0.2, 0.25) is 18.1 Å². The molecule has 6 fully saturated rings. The molecule has 15 nitrogen and oxygen atoms in total. The van der Waals surface area contributed by atoms with Gasteiger partial charge >= 0.3 is 11.9 Å². The number of aliphatic hydroxyl groups is 1. The number of aliphatic hydroxyl groups excluding tert-OH is 1. The van der Waals surface area contributed by atoms with E-state index in [0.717, 1.165) is 147 Å². The van der Waals surface area contributed by atoms with Crippen molar-refractivity contribution < 1.29 is 43.9 Å². The van der Waals surface area contributed by atoms with Gasteiger partial charge in [-0.05, 0) is 295 Å². The third-order valence-corrected chi connectivity index (χ3v) is 38.2. The summed E-state index contributed by atoms with van der Waals surface area (Å²) < 4.78 is 25.9. The second-order valence-corrected chi connectivity index (χ2v) is 45.2. The fourth-order valence-electron chi connectivity index (χ4n) is 25.9. The summed E-state index contributed by atoms with van der Waals surface area (Å²) in [4.78, 5) is 40.5. The number of phenols is 3. The Morgan fingerprint density at radius 1 is 0.448 bits per heavy atom. The van der Waals surface area contributed by atoms with Gasteiger partial charge in [0.25, 0.3) is 0 Å². The van der Waals surface area contributed by atoms with Crippen molar-refractivity contribution in [2.24, 2.45) is 85.8 Å². The number of hydrogen-bond acceptors (Lipinski definition) is 12. The van der Waals surface area contributed by atoms with Crippen LogP contribution in [0.25, 0.3) is 50.2 Å². The summed E-state index contributed by atoms with van der Waals surface area (Å²) in [6.45, 7) is 30.4. The van der Waals surface area contributed by atoms with Gasteiger partial charge < -0.3 is 48.0 Å². The molecule has 116 heavy (non-hydrogen) atoms. The number of fused-ring (bicyclic) bond motifs is 18. The van der Waals surface area contributed by atoms with Crippen molar-refractivity contribution in [1.29, 1.82) is 0 Å². The van der Waals surface area contributed by atoms with Crippen molar-refractivity contribution in [3.63, 3.8) is 0 Å². The third kappa shape index (κ3) is 12.8. The van der Waals surface area contributed by atoms with Crippen LogP contribution in [0, 0.1) is 99.6 Å². The monoisotopic (exact) mass is 1580 g/mol. The normalized spacial score (nSPS) is 34.1.